The molecule has 0 saturated carbocycles. The summed E-state index contributed by atoms with van der Waals surface area (Å²) in [7, 11) is 0. The first-order chi connectivity index (χ1) is 10.7. The van der Waals surface area contributed by atoms with Crippen LogP contribution < -0.4 is 0 Å². The number of benzene rings is 1. The van der Waals surface area contributed by atoms with Gasteiger partial charge >= 0.3 is 0 Å². The lowest BCUT2D eigenvalue weighted by Gasteiger charge is -2.34. The van der Waals surface area contributed by atoms with Gasteiger partial charge in [-0.1, -0.05) is 45.0 Å². The van der Waals surface area contributed by atoms with Crippen molar-refractivity contribution < 1.29 is 4.74 Å². The molecule has 0 unspecified atom stereocenters. The molecule has 1 saturated heterocycles. The van der Waals surface area contributed by atoms with Crippen LogP contribution in [0.1, 0.15) is 45.7 Å². The van der Waals surface area contributed by atoms with Crippen molar-refractivity contribution in [1.29, 1.82) is 0 Å². The van der Waals surface area contributed by atoms with E-state index in [1.165, 1.54) is 43.9 Å². The van der Waals surface area contributed by atoms with Gasteiger partial charge in [-0.05, 0) is 31.5 Å². The molecule has 0 N–H and O–H groups in total. The van der Waals surface area contributed by atoms with Crippen LogP contribution in [0.15, 0.2) is 24.3 Å². The normalized spacial score (nSPS) is 16.5. The van der Waals surface area contributed by atoms with E-state index in [9.17, 15) is 0 Å². The molecule has 126 valence electrons. The summed E-state index contributed by atoms with van der Waals surface area (Å²) in [6.45, 7) is 18.1. The topological polar surface area (TPSA) is 15.7 Å². The molecule has 0 bridgehead atoms. The van der Waals surface area contributed by atoms with Gasteiger partial charge < -0.3 is 9.64 Å². The first kappa shape index (κ1) is 19.1. The summed E-state index contributed by atoms with van der Waals surface area (Å²) in [6, 6.07) is 8.87. The average Bonchev–Trinajstić information content (AvgIpc) is 2.57. The van der Waals surface area contributed by atoms with Gasteiger partial charge in [0.2, 0.25) is 0 Å². The smallest absolute Gasteiger partial charge is 0.0720 e. The molecular weight excluding hydrogens is 272 g/mol. The zero-order valence-corrected chi connectivity index (χ0v) is 15.1. The lowest BCUT2D eigenvalue weighted by molar-refractivity contribution is 0.0657. The van der Waals surface area contributed by atoms with Crippen molar-refractivity contribution in [2.45, 2.75) is 53.9 Å². The third-order valence-electron chi connectivity index (χ3n) is 3.92. The van der Waals surface area contributed by atoms with E-state index in [1.54, 1.807) is 0 Å². The number of piperazine rings is 1. The summed E-state index contributed by atoms with van der Waals surface area (Å²) < 4.78 is 5.63. The molecule has 2 rings (SSSR count). The molecule has 22 heavy (non-hydrogen) atoms. The van der Waals surface area contributed by atoms with Gasteiger partial charge in [0.15, 0.2) is 0 Å². The summed E-state index contributed by atoms with van der Waals surface area (Å²) in [5.74, 6) is 0. The molecule has 1 aliphatic heterocycles. The number of hydrogen-bond acceptors (Lipinski definition) is 3. The van der Waals surface area contributed by atoms with E-state index in [2.05, 4.69) is 54.8 Å². The lowest BCUT2D eigenvalue weighted by atomic mass is 10.1. The van der Waals surface area contributed by atoms with E-state index in [1.807, 2.05) is 13.8 Å². The monoisotopic (exact) mass is 306 g/mol. The van der Waals surface area contributed by atoms with Gasteiger partial charge in [-0.15, -0.1) is 0 Å². The van der Waals surface area contributed by atoms with E-state index < -0.39 is 0 Å². The second-order valence-electron chi connectivity index (χ2n) is 5.89. The maximum Gasteiger partial charge on any atom is 0.0720 e. The van der Waals surface area contributed by atoms with Crippen molar-refractivity contribution in [1.82, 2.24) is 9.80 Å². The molecule has 3 heteroatoms. The third-order valence-corrected chi connectivity index (χ3v) is 3.92. The molecule has 0 aliphatic carbocycles. The fourth-order valence-corrected chi connectivity index (χ4v) is 2.53. The standard InChI is InChI=1S/C17H28N2O.C2H6/c1-4-18-9-11-19(12-10-18)13-16-5-7-17(8-6-16)14-20-15(2)3;1-2/h5-8,15H,4,9-14H2,1-3H3;1-2H3. The van der Waals surface area contributed by atoms with Gasteiger partial charge in [0.25, 0.3) is 0 Å². The second-order valence-corrected chi connectivity index (χ2v) is 5.89. The molecule has 1 heterocycles. The molecule has 0 amide bonds. The van der Waals surface area contributed by atoms with E-state index in [-0.39, 0.29) is 0 Å². The quantitative estimate of drug-likeness (QED) is 0.795. The minimum atomic E-state index is 0.296. The Labute approximate surface area is 137 Å². The van der Waals surface area contributed by atoms with E-state index in [0.717, 1.165) is 6.54 Å². The molecule has 1 aromatic rings. The Morgan fingerprint density at radius 1 is 0.909 bits per heavy atom. The van der Waals surface area contributed by atoms with Gasteiger partial charge in [0, 0.05) is 32.7 Å². The zero-order valence-electron chi connectivity index (χ0n) is 15.1. The van der Waals surface area contributed by atoms with Gasteiger partial charge in [0.05, 0.1) is 12.7 Å². The molecule has 0 radical (unpaired) electrons. The molecular formula is C19H34N2O. The molecule has 1 aliphatic rings. The summed E-state index contributed by atoms with van der Waals surface area (Å²) in [6.07, 6.45) is 0.296. The summed E-state index contributed by atoms with van der Waals surface area (Å²) >= 11 is 0. The Bertz CT molecular complexity index is 381. The van der Waals surface area contributed by atoms with E-state index >= 15 is 0 Å². The first-order valence-electron chi connectivity index (χ1n) is 8.81. The van der Waals surface area contributed by atoms with Crippen LogP contribution in [0.2, 0.25) is 0 Å². The van der Waals surface area contributed by atoms with Crippen LogP contribution in [0.25, 0.3) is 0 Å². The Hall–Kier alpha value is -0.900. The van der Waals surface area contributed by atoms with Crippen molar-refractivity contribution in [3.8, 4) is 0 Å². The highest BCUT2D eigenvalue weighted by molar-refractivity contribution is 5.22. The molecule has 1 fully saturated rings. The molecule has 1 aromatic carbocycles. The predicted octanol–water partition coefficient (Wildman–Crippen LogP) is 3.78. The first-order valence-corrected chi connectivity index (χ1v) is 8.81. The van der Waals surface area contributed by atoms with E-state index in [4.69, 9.17) is 4.74 Å². The summed E-state index contributed by atoms with van der Waals surface area (Å²) in [5, 5.41) is 0. The van der Waals surface area contributed by atoms with Gasteiger partial charge in [-0.25, -0.2) is 0 Å². The van der Waals surface area contributed by atoms with Crippen molar-refractivity contribution in [2.75, 3.05) is 32.7 Å². The number of ether oxygens (including phenoxy) is 1. The fraction of sp³-hybridized carbons (Fsp3) is 0.684. The SMILES string of the molecule is CC.CCN1CCN(Cc2ccc(COC(C)C)cc2)CC1. The highest BCUT2D eigenvalue weighted by atomic mass is 16.5. The maximum absolute atomic E-state index is 5.63. The van der Waals surface area contributed by atoms with Crippen LogP contribution >= 0.6 is 0 Å². The molecule has 0 aromatic heterocycles. The minimum absolute atomic E-state index is 0.296. The number of likely N-dealkylation sites (N-methyl/N-ethyl adjacent to an activating group) is 1. The largest absolute Gasteiger partial charge is 0.374 e. The van der Waals surface area contributed by atoms with Crippen molar-refractivity contribution in [3.63, 3.8) is 0 Å². The van der Waals surface area contributed by atoms with Gasteiger partial charge in [0.1, 0.15) is 0 Å². The summed E-state index contributed by atoms with van der Waals surface area (Å²) in [4.78, 5) is 5.06. The van der Waals surface area contributed by atoms with Gasteiger partial charge in [-0.2, -0.15) is 0 Å². The minimum Gasteiger partial charge on any atom is -0.374 e. The van der Waals surface area contributed by atoms with Crippen LogP contribution in [0.4, 0.5) is 0 Å². The van der Waals surface area contributed by atoms with Crippen molar-refractivity contribution in [3.05, 3.63) is 35.4 Å². The van der Waals surface area contributed by atoms with Crippen LogP contribution in [0, 0.1) is 0 Å². The van der Waals surface area contributed by atoms with Crippen molar-refractivity contribution in [2.24, 2.45) is 0 Å². The van der Waals surface area contributed by atoms with Crippen LogP contribution in [-0.4, -0.2) is 48.6 Å². The van der Waals surface area contributed by atoms with Crippen LogP contribution in [-0.2, 0) is 17.9 Å². The Kier molecular flexibility index (Phi) is 9.37. The third kappa shape index (κ3) is 6.91. The predicted molar refractivity (Wildman–Crippen MR) is 95.1 cm³/mol. The number of nitrogens with zero attached hydrogens (tertiary/aromatic N) is 2. The van der Waals surface area contributed by atoms with E-state index in [0.29, 0.717) is 12.7 Å². The Balaban J connectivity index is 0.00000116. The van der Waals surface area contributed by atoms with Crippen LogP contribution in [0.5, 0.6) is 0 Å². The fourth-order valence-electron chi connectivity index (χ4n) is 2.53. The Morgan fingerprint density at radius 3 is 1.91 bits per heavy atom. The Morgan fingerprint density at radius 2 is 1.41 bits per heavy atom. The molecule has 0 spiro atoms. The number of hydrogen-bond donors (Lipinski definition) is 0. The number of rotatable bonds is 6. The zero-order chi connectivity index (χ0) is 16.4. The maximum atomic E-state index is 5.63. The molecule has 3 nitrogen and oxygen atoms in total. The van der Waals surface area contributed by atoms with Crippen molar-refractivity contribution >= 4 is 0 Å². The highest BCUT2D eigenvalue weighted by Crippen LogP contribution is 2.11. The van der Waals surface area contributed by atoms with Gasteiger partial charge in [-0.3, -0.25) is 4.90 Å². The lowest BCUT2D eigenvalue weighted by Crippen LogP contribution is -2.45. The second kappa shape index (κ2) is 10.8. The highest BCUT2D eigenvalue weighted by Gasteiger charge is 2.15. The summed E-state index contributed by atoms with van der Waals surface area (Å²) in [5.41, 5.74) is 2.67. The molecule has 0 atom stereocenters. The van der Waals surface area contributed by atoms with Crippen LogP contribution in [0.3, 0.4) is 0 Å². The average molecular weight is 306 g/mol.